The molecule has 0 amide bonds. The molecule has 3 aromatic carbocycles. The fraction of sp³-hybridized carbons (Fsp3) is 0.143. The van der Waals surface area contributed by atoms with Crippen LogP contribution in [0.1, 0.15) is 16.7 Å². The Bertz CT molecular complexity index is 874. The minimum absolute atomic E-state index is 0.523. The van der Waals surface area contributed by atoms with Crippen molar-refractivity contribution in [3.05, 3.63) is 91.3 Å². The van der Waals surface area contributed by atoms with Crippen LogP contribution in [0.5, 0.6) is 5.75 Å². The summed E-state index contributed by atoms with van der Waals surface area (Å²) < 4.78 is 7.82. The lowest BCUT2D eigenvalue weighted by Crippen LogP contribution is -2.02. The van der Waals surface area contributed by atoms with E-state index in [0.717, 1.165) is 31.5 Å². The molecule has 2 nitrogen and oxygen atoms in total. The van der Waals surface area contributed by atoms with E-state index in [1.54, 1.807) is 0 Å². The van der Waals surface area contributed by atoms with Gasteiger partial charge in [-0.3, -0.25) is 0 Å². The molecule has 0 spiro atoms. The number of halogens is 3. The smallest absolute Gasteiger partial charge is 0.148 e. The lowest BCUT2D eigenvalue weighted by molar-refractivity contribution is 0.302. The molecule has 0 saturated heterocycles. The predicted octanol–water partition coefficient (Wildman–Crippen LogP) is 7.36. The molecule has 5 heteroatoms. The molecule has 26 heavy (non-hydrogen) atoms. The fourth-order valence-electron chi connectivity index (χ4n) is 2.49. The summed E-state index contributed by atoms with van der Waals surface area (Å²) in [5.41, 5.74) is 4.41. The molecule has 0 heterocycles. The number of benzene rings is 3. The number of para-hydroxylation sites is 1. The van der Waals surface area contributed by atoms with Gasteiger partial charge in [0.1, 0.15) is 12.4 Å². The van der Waals surface area contributed by atoms with Gasteiger partial charge in [0.15, 0.2) is 0 Å². The van der Waals surface area contributed by atoms with Crippen LogP contribution in [0.4, 0.5) is 5.69 Å². The summed E-state index contributed by atoms with van der Waals surface area (Å²) in [6.07, 6.45) is 0. The van der Waals surface area contributed by atoms with Crippen LogP contribution < -0.4 is 10.1 Å². The first-order chi connectivity index (χ1) is 12.5. The highest BCUT2D eigenvalue weighted by molar-refractivity contribution is 9.11. The van der Waals surface area contributed by atoms with E-state index in [1.165, 1.54) is 5.56 Å². The first-order valence-corrected chi connectivity index (χ1v) is 10.1. The molecule has 3 aromatic rings. The highest BCUT2D eigenvalue weighted by Gasteiger charge is 2.10. The van der Waals surface area contributed by atoms with Gasteiger partial charge in [-0.15, -0.1) is 0 Å². The number of ether oxygens (including phenoxy) is 1. The molecule has 0 aliphatic heterocycles. The minimum Gasteiger partial charge on any atom is -0.487 e. The van der Waals surface area contributed by atoms with Crippen LogP contribution in [-0.4, -0.2) is 0 Å². The molecule has 134 valence electrons. The van der Waals surface area contributed by atoms with E-state index in [4.69, 9.17) is 16.3 Å². The molecular weight excluding hydrogens is 477 g/mol. The van der Waals surface area contributed by atoms with Crippen molar-refractivity contribution in [2.45, 2.75) is 20.1 Å². The van der Waals surface area contributed by atoms with Crippen molar-refractivity contribution < 1.29 is 4.74 Å². The summed E-state index contributed by atoms with van der Waals surface area (Å²) in [6.45, 7) is 3.26. The molecule has 0 aliphatic rings. The number of anilines is 1. The predicted molar refractivity (Wildman–Crippen MR) is 116 cm³/mol. The molecule has 0 atom stereocenters. The van der Waals surface area contributed by atoms with Crippen LogP contribution >= 0.6 is 43.5 Å². The third-order valence-electron chi connectivity index (χ3n) is 3.92. The van der Waals surface area contributed by atoms with Crippen LogP contribution in [0.25, 0.3) is 0 Å². The second kappa shape index (κ2) is 8.94. The van der Waals surface area contributed by atoms with Crippen molar-refractivity contribution in [2.24, 2.45) is 0 Å². The molecule has 0 unspecified atom stereocenters. The number of rotatable bonds is 6. The Morgan fingerprint density at radius 1 is 0.923 bits per heavy atom. The van der Waals surface area contributed by atoms with E-state index in [1.807, 2.05) is 24.3 Å². The van der Waals surface area contributed by atoms with Gasteiger partial charge in [-0.25, -0.2) is 0 Å². The van der Waals surface area contributed by atoms with Crippen molar-refractivity contribution in [3.63, 3.8) is 0 Å². The van der Waals surface area contributed by atoms with Crippen molar-refractivity contribution in [3.8, 4) is 5.75 Å². The average Bonchev–Trinajstić information content (AvgIpc) is 2.62. The Kier molecular flexibility index (Phi) is 6.63. The number of aryl methyl sites for hydroxylation is 1. The molecule has 0 radical (unpaired) electrons. The van der Waals surface area contributed by atoms with Gasteiger partial charge in [-0.05, 0) is 74.2 Å². The lowest BCUT2D eigenvalue weighted by atomic mass is 10.2. The first-order valence-electron chi connectivity index (χ1n) is 8.17. The van der Waals surface area contributed by atoms with Gasteiger partial charge in [-0.1, -0.05) is 53.6 Å². The number of hydrogen-bond donors (Lipinski definition) is 1. The minimum atomic E-state index is 0.523. The third kappa shape index (κ3) is 5.03. The Morgan fingerprint density at radius 3 is 2.23 bits per heavy atom. The fourth-order valence-corrected chi connectivity index (χ4v) is 4.21. The summed E-state index contributed by atoms with van der Waals surface area (Å²) in [6, 6.07) is 20.2. The molecule has 0 aliphatic carbocycles. The van der Waals surface area contributed by atoms with E-state index >= 15 is 0 Å². The monoisotopic (exact) mass is 493 g/mol. The van der Waals surface area contributed by atoms with Crippen LogP contribution in [-0.2, 0) is 13.2 Å². The normalized spacial score (nSPS) is 10.6. The zero-order valence-corrected chi connectivity index (χ0v) is 18.2. The number of hydrogen-bond acceptors (Lipinski definition) is 2. The van der Waals surface area contributed by atoms with Gasteiger partial charge in [0.05, 0.1) is 19.7 Å². The van der Waals surface area contributed by atoms with Crippen LogP contribution in [0, 0.1) is 6.92 Å². The molecule has 0 fully saturated rings. The maximum atomic E-state index is 6.19. The molecule has 0 aromatic heterocycles. The van der Waals surface area contributed by atoms with Gasteiger partial charge < -0.3 is 10.1 Å². The van der Waals surface area contributed by atoms with Gasteiger partial charge >= 0.3 is 0 Å². The number of nitrogens with one attached hydrogen (secondary N) is 1. The quantitative estimate of drug-likeness (QED) is 0.386. The average molecular weight is 496 g/mol. The zero-order chi connectivity index (χ0) is 18.5. The Morgan fingerprint density at radius 2 is 1.58 bits per heavy atom. The van der Waals surface area contributed by atoms with Crippen molar-refractivity contribution in [2.75, 3.05) is 5.32 Å². The Balaban J connectivity index is 1.67. The summed E-state index contributed by atoms with van der Waals surface area (Å²) in [5, 5.41) is 4.06. The van der Waals surface area contributed by atoms with E-state index in [2.05, 4.69) is 80.5 Å². The van der Waals surface area contributed by atoms with E-state index in [-0.39, 0.29) is 0 Å². The summed E-state index contributed by atoms with van der Waals surface area (Å²) >= 11 is 13.4. The molecule has 0 bridgehead atoms. The Labute approximate surface area is 175 Å². The molecule has 0 saturated carbocycles. The van der Waals surface area contributed by atoms with Gasteiger partial charge in [0.2, 0.25) is 0 Å². The topological polar surface area (TPSA) is 21.3 Å². The van der Waals surface area contributed by atoms with Crippen molar-refractivity contribution in [1.82, 2.24) is 0 Å². The van der Waals surface area contributed by atoms with Crippen LogP contribution in [0.3, 0.4) is 0 Å². The van der Waals surface area contributed by atoms with E-state index in [9.17, 15) is 0 Å². The van der Waals surface area contributed by atoms with Crippen molar-refractivity contribution >= 4 is 49.1 Å². The largest absolute Gasteiger partial charge is 0.487 e. The second-order valence-corrected chi connectivity index (χ2v) is 8.11. The molecule has 1 N–H and O–H groups in total. The lowest BCUT2D eigenvalue weighted by Gasteiger charge is -2.14. The third-order valence-corrected chi connectivity index (χ3v) is 5.43. The van der Waals surface area contributed by atoms with Gasteiger partial charge in [0.25, 0.3) is 0 Å². The van der Waals surface area contributed by atoms with Crippen LogP contribution in [0.2, 0.25) is 5.02 Å². The maximum absolute atomic E-state index is 6.19. The Hall–Kier alpha value is -1.49. The SMILES string of the molecule is Cc1ccc(COc2c(Br)cc(CNc3ccccc3Cl)cc2Br)cc1. The standard InChI is InChI=1S/C21H18Br2ClNO/c1-14-6-8-15(9-7-14)13-26-21-17(22)10-16(11-18(21)23)12-25-20-5-3-2-4-19(20)24/h2-11,25H,12-13H2,1H3. The first kappa shape index (κ1) is 19.3. The second-order valence-electron chi connectivity index (χ2n) is 6.00. The molecular formula is C21H18Br2ClNO. The highest BCUT2D eigenvalue weighted by Crippen LogP contribution is 2.35. The molecule has 3 rings (SSSR count). The van der Waals surface area contributed by atoms with E-state index < -0.39 is 0 Å². The van der Waals surface area contributed by atoms with Crippen molar-refractivity contribution in [1.29, 1.82) is 0 Å². The summed E-state index contributed by atoms with van der Waals surface area (Å²) in [7, 11) is 0. The maximum Gasteiger partial charge on any atom is 0.148 e. The van der Waals surface area contributed by atoms with Gasteiger partial charge in [0, 0.05) is 6.54 Å². The van der Waals surface area contributed by atoms with E-state index in [0.29, 0.717) is 18.2 Å². The summed E-state index contributed by atoms with van der Waals surface area (Å²) in [5.74, 6) is 0.798. The van der Waals surface area contributed by atoms with Gasteiger partial charge in [-0.2, -0.15) is 0 Å². The zero-order valence-electron chi connectivity index (χ0n) is 14.2. The van der Waals surface area contributed by atoms with Crippen LogP contribution in [0.15, 0.2) is 69.6 Å². The summed E-state index contributed by atoms with van der Waals surface area (Å²) in [4.78, 5) is 0. The highest BCUT2D eigenvalue weighted by atomic mass is 79.9.